The van der Waals surface area contributed by atoms with Crippen molar-refractivity contribution in [1.82, 2.24) is 4.72 Å². The lowest BCUT2D eigenvalue weighted by Crippen LogP contribution is -2.37. The van der Waals surface area contributed by atoms with Crippen LogP contribution in [-0.4, -0.2) is 26.0 Å². The van der Waals surface area contributed by atoms with Gasteiger partial charge in [0.1, 0.15) is 0 Å². The van der Waals surface area contributed by atoms with Crippen LogP contribution in [0.2, 0.25) is 5.22 Å². The molecule has 0 unspecified atom stereocenters. The Morgan fingerprint density at radius 1 is 1.40 bits per heavy atom. The number of carbonyl (C=O) groups is 1. The molecule has 0 aliphatic heterocycles. The van der Waals surface area contributed by atoms with Gasteiger partial charge in [-0.1, -0.05) is 12.8 Å². The molecule has 0 radical (unpaired) electrons. The predicted octanol–water partition coefficient (Wildman–Crippen LogP) is 2.10. The molecule has 1 aromatic heterocycles. The molecule has 1 heterocycles. The van der Waals surface area contributed by atoms with Crippen LogP contribution in [0.4, 0.5) is 0 Å². The van der Waals surface area contributed by atoms with Crippen molar-refractivity contribution in [3.05, 3.63) is 17.4 Å². The molecule has 1 saturated carbocycles. The monoisotopic (exact) mass is 321 g/mol. The first-order valence-electron chi connectivity index (χ1n) is 6.38. The summed E-state index contributed by atoms with van der Waals surface area (Å²) in [6.07, 6.45) is 3.09. The molecule has 0 amide bonds. The predicted molar refractivity (Wildman–Crippen MR) is 72.0 cm³/mol. The Morgan fingerprint density at radius 3 is 2.70 bits per heavy atom. The third kappa shape index (κ3) is 3.53. The molecule has 1 aliphatic rings. The van der Waals surface area contributed by atoms with Crippen molar-refractivity contribution in [3.8, 4) is 0 Å². The van der Waals surface area contributed by atoms with Crippen LogP contribution in [0.3, 0.4) is 0 Å². The highest BCUT2D eigenvalue weighted by molar-refractivity contribution is 7.89. The Morgan fingerprint density at radius 2 is 2.10 bits per heavy atom. The molecule has 112 valence electrons. The zero-order valence-electron chi connectivity index (χ0n) is 10.7. The van der Waals surface area contributed by atoms with E-state index in [1.54, 1.807) is 0 Å². The standard InChI is InChI=1S/C12H16ClNO5S/c13-10-5-6-11(19-10)20(17,18)14-7-8-3-1-2-4-9(8)12(15)16/h5-6,8-9,14H,1-4,7H2,(H,15,16)/t8-,9-/m1/s1. The molecule has 2 N–H and O–H groups in total. The van der Waals surface area contributed by atoms with Gasteiger partial charge in [0.05, 0.1) is 5.92 Å². The summed E-state index contributed by atoms with van der Waals surface area (Å²) in [6, 6.07) is 2.61. The van der Waals surface area contributed by atoms with Gasteiger partial charge in [0, 0.05) is 6.54 Å². The van der Waals surface area contributed by atoms with Gasteiger partial charge in [-0.2, -0.15) is 0 Å². The molecule has 2 rings (SSSR count). The Balaban J connectivity index is 2.01. The van der Waals surface area contributed by atoms with Crippen molar-refractivity contribution >= 4 is 27.6 Å². The van der Waals surface area contributed by atoms with Gasteiger partial charge in [0.25, 0.3) is 10.0 Å². The van der Waals surface area contributed by atoms with E-state index in [4.69, 9.17) is 21.1 Å². The van der Waals surface area contributed by atoms with E-state index in [1.807, 2.05) is 0 Å². The summed E-state index contributed by atoms with van der Waals surface area (Å²) in [5, 5.41) is 8.88. The zero-order chi connectivity index (χ0) is 14.8. The summed E-state index contributed by atoms with van der Waals surface area (Å²) in [5.41, 5.74) is 0. The molecule has 20 heavy (non-hydrogen) atoms. The van der Waals surface area contributed by atoms with E-state index in [9.17, 15) is 13.2 Å². The summed E-state index contributed by atoms with van der Waals surface area (Å²) in [4.78, 5) is 11.1. The van der Waals surface area contributed by atoms with Gasteiger partial charge in [-0.05, 0) is 42.5 Å². The highest BCUT2D eigenvalue weighted by Gasteiger charge is 2.32. The van der Waals surface area contributed by atoms with Crippen molar-refractivity contribution in [2.24, 2.45) is 11.8 Å². The Hall–Kier alpha value is -1.05. The minimum atomic E-state index is -3.78. The van der Waals surface area contributed by atoms with E-state index in [2.05, 4.69) is 4.72 Å². The van der Waals surface area contributed by atoms with Gasteiger partial charge in [0.15, 0.2) is 5.22 Å². The quantitative estimate of drug-likeness (QED) is 0.865. The lowest BCUT2D eigenvalue weighted by molar-refractivity contribution is -0.144. The van der Waals surface area contributed by atoms with Crippen molar-refractivity contribution in [2.45, 2.75) is 30.8 Å². The summed E-state index contributed by atoms with van der Waals surface area (Å²) < 4.78 is 31.2. The fourth-order valence-electron chi connectivity index (χ4n) is 2.51. The maximum atomic E-state index is 12.0. The van der Waals surface area contributed by atoms with Gasteiger partial charge in [0.2, 0.25) is 5.09 Å². The third-order valence-electron chi connectivity index (χ3n) is 3.58. The number of sulfonamides is 1. The van der Waals surface area contributed by atoms with E-state index in [0.29, 0.717) is 12.8 Å². The Kier molecular flexibility index (Phi) is 4.72. The minimum absolute atomic E-state index is 0.00791. The van der Waals surface area contributed by atoms with E-state index < -0.39 is 21.9 Å². The summed E-state index contributed by atoms with van der Waals surface area (Å²) in [6.45, 7) is 0.0949. The van der Waals surface area contributed by atoms with Crippen LogP contribution < -0.4 is 4.72 Å². The lowest BCUT2D eigenvalue weighted by atomic mass is 9.79. The fraction of sp³-hybridized carbons (Fsp3) is 0.583. The second-order valence-corrected chi connectivity index (χ2v) is 6.97. The third-order valence-corrected chi connectivity index (χ3v) is 5.07. The van der Waals surface area contributed by atoms with Gasteiger partial charge >= 0.3 is 5.97 Å². The number of hydrogen-bond donors (Lipinski definition) is 2. The van der Waals surface area contributed by atoms with Crippen molar-refractivity contribution in [2.75, 3.05) is 6.54 Å². The SMILES string of the molecule is O=C(O)[C@@H]1CCCC[C@@H]1CNS(=O)(=O)c1ccc(Cl)o1. The Bertz CT molecular complexity index is 582. The summed E-state index contributed by atoms with van der Waals surface area (Å²) >= 11 is 5.54. The van der Waals surface area contributed by atoms with Crippen LogP contribution >= 0.6 is 11.6 Å². The number of halogens is 1. The molecule has 2 atom stereocenters. The normalized spacial score (nSPS) is 23.6. The van der Waals surface area contributed by atoms with Gasteiger partial charge in [-0.15, -0.1) is 0 Å². The van der Waals surface area contributed by atoms with E-state index >= 15 is 0 Å². The van der Waals surface area contributed by atoms with E-state index in [1.165, 1.54) is 12.1 Å². The molecule has 0 saturated heterocycles. The molecular weight excluding hydrogens is 306 g/mol. The van der Waals surface area contributed by atoms with Crippen molar-refractivity contribution in [1.29, 1.82) is 0 Å². The first kappa shape index (κ1) is 15.3. The highest BCUT2D eigenvalue weighted by atomic mass is 35.5. The lowest BCUT2D eigenvalue weighted by Gasteiger charge is -2.28. The number of carboxylic acids is 1. The molecule has 0 spiro atoms. The molecule has 6 nitrogen and oxygen atoms in total. The number of rotatable bonds is 5. The summed E-state index contributed by atoms with van der Waals surface area (Å²) in [7, 11) is -3.78. The second-order valence-electron chi connectivity index (χ2n) is 4.90. The second kappa shape index (κ2) is 6.15. The molecule has 0 aromatic carbocycles. The van der Waals surface area contributed by atoms with E-state index in [0.717, 1.165) is 12.8 Å². The maximum Gasteiger partial charge on any atom is 0.306 e. The molecule has 1 aromatic rings. The van der Waals surface area contributed by atoms with Crippen LogP contribution in [0.5, 0.6) is 0 Å². The van der Waals surface area contributed by atoms with Crippen LogP contribution in [0, 0.1) is 11.8 Å². The average molecular weight is 322 g/mol. The largest absolute Gasteiger partial charge is 0.481 e. The number of carboxylic acid groups (broad SMARTS) is 1. The molecule has 1 aliphatic carbocycles. The molecular formula is C12H16ClNO5S. The van der Waals surface area contributed by atoms with Gasteiger partial charge < -0.3 is 9.52 Å². The smallest absolute Gasteiger partial charge is 0.306 e. The van der Waals surface area contributed by atoms with Crippen molar-refractivity contribution in [3.63, 3.8) is 0 Å². The number of nitrogens with one attached hydrogen (secondary N) is 1. The topological polar surface area (TPSA) is 96.6 Å². The fourth-order valence-corrected chi connectivity index (χ4v) is 3.72. The number of hydrogen-bond acceptors (Lipinski definition) is 4. The minimum Gasteiger partial charge on any atom is -0.481 e. The maximum absolute atomic E-state index is 12.0. The number of aliphatic carboxylic acids is 1. The van der Waals surface area contributed by atoms with Gasteiger partial charge in [-0.25, -0.2) is 13.1 Å². The summed E-state index contributed by atoms with van der Waals surface area (Å²) in [5.74, 6) is -1.55. The highest BCUT2D eigenvalue weighted by Crippen LogP contribution is 2.30. The molecule has 0 bridgehead atoms. The average Bonchev–Trinajstić information content (AvgIpc) is 2.84. The zero-order valence-corrected chi connectivity index (χ0v) is 12.3. The van der Waals surface area contributed by atoms with Gasteiger partial charge in [-0.3, -0.25) is 4.79 Å². The molecule has 8 heteroatoms. The number of furan rings is 1. The van der Waals surface area contributed by atoms with Crippen molar-refractivity contribution < 1.29 is 22.7 Å². The first-order chi connectivity index (χ1) is 9.40. The van der Waals surface area contributed by atoms with Crippen LogP contribution in [0.15, 0.2) is 21.6 Å². The first-order valence-corrected chi connectivity index (χ1v) is 8.24. The molecule has 1 fully saturated rings. The van der Waals surface area contributed by atoms with Crippen LogP contribution in [0.25, 0.3) is 0 Å². The van der Waals surface area contributed by atoms with Crippen LogP contribution in [0.1, 0.15) is 25.7 Å². The van der Waals surface area contributed by atoms with Crippen LogP contribution in [-0.2, 0) is 14.8 Å². The van der Waals surface area contributed by atoms with E-state index in [-0.39, 0.29) is 22.8 Å². The Labute approximate surface area is 122 Å².